The van der Waals surface area contributed by atoms with Gasteiger partial charge in [-0.1, -0.05) is 19.3 Å². The zero-order chi connectivity index (χ0) is 22.3. The average molecular weight is 442 g/mol. The molecule has 1 aromatic carbocycles. The SMILES string of the molecule is O=C(Nc1cnccn1)N1CCN(C(=O)c2ccc(F)c(OCC3CCCCC3)c2)CC1. The van der Waals surface area contributed by atoms with E-state index in [1.54, 1.807) is 9.80 Å². The van der Waals surface area contributed by atoms with E-state index < -0.39 is 5.82 Å². The first-order valence-corrected chi connectivity index (χ1v) is 11.1. The van der Waals surface area contributed by atoms with Crippen LogP contribution in [-0.2, 0) is 0 Å². The molecule has 0 radical (unpaired) electrons. The average Bonchev–Trinajstić information content (AvgIpc) is 2.84. The van der Waals surface area contributed by atoms with E-state index in [1.165, 1.54) is 56.1 Å². The number of hydrogen-bond acceptors (Lipinski definition) is 5. The molecule has 0 spiro atoms. The molecule has 0 bridgehead atoms. The van der Waals surface area contributed by atoms with E-state index in [4.69, 9.17) is 4.74 Å². The summed E-state index contributed by atoms with van der Waals surface area (Å²) in [5.74, 6) is 0.305. The topological polar surface area (TPSA) is 87.7 Å². The number of hydrogen-bond donors (Lipinski definition) is 1. The predicted octanol–water partition coefficient (Wildman–Crippen LogP) is 3.56. The normalized spacial score (nSPS) is 17.2. The number of carbonyl (C=O) groups excluding carboxylic acids is 2. The van der Waals surface area contributed by atoms with E-state index in [-0.39, 0.29) is 17.7 Å². The summed E-state index contributed by atoms with van der Waals surface area (Å²) in [6, 6.07) is 3.98. The Labute approximate surface area is 186 Å². The lowest BCUT2D eigenvalue weighted by atomic mass is 9.90. The van der Waals surface area contributed by atoms with Crippen LogP contribution < -0.4 is 10.1 Å². The van der Waals surface area contributed by atoms with Crippen molar-refractivity contribution < 1.29 is 18.7 Å². The van der Waals surface area contributed by atoms with Gasteiger partial charge < -0.3 is 14.5 Å². The minimum absolute atomic E-state index is 0.128. The number of nitrogens with zero attached hydrogens (tertiary/aromatic N) is 4. The lowest BCUT2D eigenvalue weighted by Gasteiger charge is -2.34. The highest BCUT2D eigenvalue weighted by atomic mass is 19.1. The first-order chi connectivity index (χ1) is 15.6. The van der Waals surface area contributed by atoms with Crippen LogP contribution in [0.1, 0.15) is 42.5 Å². The zero-order valence-corrected chi connectivity index (χ0v) is 18.0. The van der Waals surface area contributed by atoms with Crippen LogP contribution in [0.2, 0.25) is 0 Å². The predicted molar refractivity (Wildman–Crippen MR) is 117 cm³/mol. The maximum Gasteiger partial charge on any atom is 0.323 e. The van der Waals surface area contributed by atoms with Crippen LogP contribution in [0.4, 0.5) is 15.0 Å². The van der Waals surface area contributed by atoms with Gasteiger partial charge in [0.1, 0.15) is 0 Å². The first-order valence-electron chi connectivity index (χ1n) is 11.1. The molecule has 9 heteroatoms. The summed E-state index contributed by atoms with van der Waals surface area (Å²) < 4.78 is 20.0. The van der Waals surface area contributed by atoms with E-state index in [2.05, 4.69) is 15.3 Å². The number of urea groups is 1. The number of aromatic nitrogens is 2. The van der Waals surface area contributed by atoms with Crippen molar-refractivity contribution in [1.82, 2.24) is 19.8 Å². The minimum Gasteiger partial charge on any atom is -0.490 e. The molecule has 1 aromatic heterocycles. The van der Waals surface area contributed by atoms with Crippen LogP contribution in [0.3, 0.4) is 0 Å². The van der Waals surface area contributed by atoms with Gasteiger partial charge in [0, 0.05) is 44.1 Å². The van der Waals surface area contributed by atoms with E-state index in [1.807, 2.05) is 0 Å². The molecule has 2 aliphatic rings. The third-order valence-electron chi connectivity index (χ3n) is 6.03. The second-order valence-corrected chi connectivity index (χ2v) is 8.26. The van der Waals surface area contributed by atoms with Crippen molar-refractivity contribution in [1.29, 1.82) is 0 Å². The Bertz CT molecular complexity index is 928. The summed E-state index contributed by atoms with van der Waals surface area (Å²) in [5, 5.41) is 2.69. The molecule has 0 atom stereocenters. The number of carbonyl (C=O) groups is 2. The van der Waals surface area contributed by atoms with Crippen LogP contribution in [0.15, 0.2) is 36.8 Å². The Morgan fingerprint density at radius 1 is 1.06 bits per heavy atom. The number of piperazine rings is 1. The largest absolute Gasteiger partial charge is 0.490 e. The van der Waals surface area contributed by atoms with Crippen molar-refractivity contribution in [3.05, 3.63) is 48.2 Å². The van der Waals surface area contributed by atoms with E-state index in [0.29, 0.717) is 50.1 Å². The molecule has 1 aliphatic carbocycles. The Kier molecular flexibility index (Phi) is 7.14. The number of anilines is 1. The number of amides is 3. The van der Waals surface area contributed by atoms with Crippen LogP contribution in [0.25, 0.3) is 0 Å². The summed E-state index contributed by atoms with van der Waals surface area (Å²) in [5.41, 5.74) is 0.391. The van der Waals surface area contributed by atoms with Gasteiger partial charge in [-0.25, -0.2) is 14.2 Å². The zero-order valence-electron chi connectivity index (χ0n) is 18.0. The van der Waals surface area contributed by atoms with Gasteiger partial charge in [0.2, 0.25) is 0 Å². The molecule has 1 saturated carbocycles. The van der Waals surface area contributed by atoms with Crippen molar-refractivity contribution in [3.63, 3.8) is 0 Å². The van der Waals surface area contributed by atoms with Crippen LogP contribution in [-0.4, -0.2) is 64.5 Å². The van der Waals surface area contributed by atoms with Gasteiger partial charge in [0.05, 0.1) is 12.8 Å². The van der Waals surface area contributed by atoms with Crippen molar-refractivity contribution >= 4 is 17.8 Å². The molecular weight excluding hydrogens is 413 g/mol. The Morgan fingerprint density at radius 3 is 2.53 bits per heavy atom. The maximum absolute atomic E-state index is 14.2. The molecule has 0 unspecified atom stereocenters. The van der Waals surface area contributed by atoms with Crippen LogP contribution >= 0.6 is 0 Å². The molecule has 170 valence electrons. The van der Waals surface area contributed by atoms with Gasteiger partial charge in [0.15, 0.2) is 17.4 Å². The molecule has 1 N–H and O–H groups in total. The summed E-state index contributed by atoms with van der Waals surface area (Å²) >= 11 is 0. The number of nitrogens with one attached hydrogen (secondary N) is 1. The number of halogens is 1. The lowest BCUT2D eigenvalue weighted by Crippen LogP contribution is -2.51. The molecule has 2 heterocycles. The monoisotopic (exact) mass is 441 g/mol. The smallest absolute Gasteiger partial charge is 0.323 e. The highest BCUT2D eigenvalue weighted by Gasteiger charge is 2.26. The fourth-order valence-electron chi connectivity index (χ4n) is 4.16. The standard InChI is InChI=1S/C23H28FN5O3/c24-19-7-6-18(14-20(19)32-16-17-4-2-1-3-5-17)22(30)28-10-12-29(13-11-28)23(31)27-21-15-25-8-9-26-21/h6-9,14-15,17H,1-5,10-13,16H2,(H,26,27,31). The fourth-order valence-corrected chi connectivity index (χ4v) is 4.16. The van der Waals surface area contributed by atoms with E-state index >= 15 is 0 Å². The van der Waals surface area contributed by atoms with Gasteiger partial charge >= 0.3 is 6.03 Å². The van der Waals surface area contributed by atoms with E-state index in [0.717, 1.165) is 12.8 Å². The van der Waals surface area contributed by atoms with Gasteiger partial charge in [-0.3, -0.25) is 15.1 Å². The summed E-state index contributed by atoms with van der Waals surface area (Å²) in [4.78, 5) is 36.6. The quantitative estimate of drug-likeness (QED) is 0.767. The van der Waals surface area contributed by atoms with Gasteiger partial charge in [-0.2, -0.15) is 0 Å². The molecule has 1 aliphatic heterocycles. The summed E-state index contributed by atoms with van der Waals surface area (Å²) in [6.45, 7) is 2.05. The van der Waals surface area contributed by atoms with Crippen LogP contribution in [0, 0.1) is 11.7 Å². The molecule has 4 rings (SSSR count). The lowest BCUT2D eigenvalue weighted by molar-refractivity contribution is 0.0671. The van der Waals surface area contributed by atoms with Gasteiger partial charge in [0.25, 0.3) is 5.91 Å². The second kappa shape index (κ2) is 10.4. The second-order valence-electron chi connectivity index (χ2n) is 8.26. The van der Waals surface area contributed by atoms with Crippen molar-refractivity contribution in [3.8, 4) is 5.75 Å². The molecular formula is C23H28FN5O3. The Morgan fingerprint density at radius 2 is 1.81 bits per heavy atom. The van der Waals surface area contributed by atoms with Crippen molar-refractivity contribution in [2.24, 2.45) is 5.92 Å². The number of rotatable bonds is 5. The van der Waals surface area contributed by atoms with Gasteiger partial charge in [-0.05, 0) is 37.0 Å². The highest BCUT2D eigenvalue weighted by Crippen LogP contribution is 2.26. The molecule has 1 saturated heterocycles. The van der Waals surface area contributed by atoms with Crippen molar-refractivity contribution in [2.75, 3.05) is 38.1 Å². The molecule has 2 aromatic rings. The number of ether oxygens (including phenoxy) is 1. The molecule has 3 amide bonds. The highest BCUT2D eigenvalue weighted by molar-refractivity contribution is 5.95. The molecule has 2 fully saturated rings. The minimum atomic E-state index is -0.456. The Balaban J connectivity index is 1.31. The third kappa shape index (κ3) is 5.52. The summed E-state index contributed by atoms with van der Waals surface area (Å²) in [7, 11) is 0. The summed E-state index contributed by atoms with van der Waals surface area (Å²) in [6.07, 6.45) is 10.4. The molecule has 8 nitrogen and oxygen atoms in total. The van der Waals surface area contributed by atoms with Gasteiger partial charge in [-0.15, -0.1) is 0 Å². The van der Waals surface area contributed by atoms with Crippen molar-refractivity contribution in [2.45, 2.75) is 32.1 Å². The Hall–Kier alpha value is -3.23. The molecule has 32 heavy (non-hydrogen) atoms. The fraction of sp³-hybridized carbons (Fsp3) is 0.478. The first kappa shape index (κ1) is 22.0. The number of benzene rings is 1. The maximum atomic E-state index is 14.2. The third-order valence-corrected chi connectivity index (χ3v) is 6.03. The van der Waals surface area contributed by atoms with E-state index in [9.17, 15) is 14.0 Å². The van der Waals surface area contributed by atoms with Crippen LogP contribution in [0.5, 0.6) is 5.75 Å².